The van der Waals surface area contributed by atoms with E-state index in [0.29, 0.717) is 0 Å². The van der Waals surface area contributed by atoms with Gasteiger partial charge >= 0.3 is 0 Å². The standard InChI is InChI=1S/C24H28N4O/c1-3-7-19(8-4-1)24-20(17-28(26-24)22-9-5-2-6-10-22)15-25-16-23-18-27(13-14-29-23)21-11-12-21/h1-10,17,21,23,25H,11-16,18H2. The third kappa shape index (κ3) is 4.42. The highest BCUT2D eigenvalue weighted by Crippen LogP contribution is 2.28. The number of aromatic nitrogens is 2. The molecule has 2 aliphatic rings. The Bertz CT molecular complexity index is 921. The van der Waals surface area contributed by atoms with Crippen LogP contribution in [0.15, 0.2) is 66.9 Å². The minimum atomic E-state index is 0.272. The van der Waals surface area contributed by atoms with Crippen molar-refractivity contribution in [1.82, 2.24) is 20.0 Å². The molecule has 1 N–H and O–H groups in total. The summed E-state index contributed by atoms with van der Waals surface area (Å²) in [6, 6.07) is 21.5. The molecule has 1 aliphatic carbocycles. The number of ether oxygens (including phenoxy) is 1. The lowest BCUT2D eigenvalue weighted by Crippen LogP contribution is -2.47. The van der Waals surface area contributed by atoms with Crippen LogP contribution in [-0.4, -0.2) is 53.1 Å². The SMILES string of the molecule is c1ccc(-c2nn(-c3ccccc3)cc2CNCC2CN(C3CC3)CCO2)cc1. The summed E-state index contributed by atoms with van der Waals surface area (Å²) >= 11 is 0. The van der Waals surface area contributed by atoms with Gasteiger partial charge in [-0.25, -0.2) is 4.68 Å². The Morgan fingerprint density at radius 1 is 1.00 bits per heavy atom. The average Bonchev–Trinajstić information content (AvgIpc) is 3.55. The normalized spacial score (nSPS) is 20.1. The first kappa shape index (κ1) is 18.6. The number of para-hydroxylation sites is 1. The largest absolute Gasteiger partial charge is 0.374 e. The maximum Gasteiger partial charge on any atom is 0.0972 e. The van der Waals surface area contributed by atoms with Crippen molar-refractivity contribution in [3.63, 3.8) is 0 Å². The first-order chi connectivity index (χ1) is 14.4. The van der Waals surface area contributed by atoms with E-state index < -0.39 is 0 Å². The van der Waals surface area contributed by atoms with E-state index in [1.807, 2.05) is 28.9 Å². The van der Waals surface area contributed by atoms with Crippen molar-refractivity contribution in [2.75, 3.05) is 26.2 Å². The molecule has 29 heavy (non-hydrogen) atoms. The van der Waals surface area contributed by atoms with Crippen LogP contribution in [-0.2, 0) is 11.3 Å². The molecule has 5 heteroatoms. The Balaban J connectivity index is 1.30. The van der Waals surface area contributed by atoms with E-state index in [2.05, 4.69) is 52.8 Å². The molecule has 5 rings (SSSR count). The number of benzene rings is 2. The molecule has 0 spiro atoms. The number of morpholine rings is 1. The highest BCUT2D eigenvalue weighted by Gasteiger charge is 2.32. The van der Waals surface area contributed by atoms with Crippen molar-refractivity contribution in [3.8, 4) is 16.9 Å². The number of nitrogens with one attached hydrogen (secondary N) is 1. The highest BCUT2D eigenvalue weighted by molar-refractivity contribution is 5.63. The second-order valence-corrected chi connectivity index (χ2v) is 8.00. The van der Waals surface area contributed by atoms with Gasteiger partial charge in [0.05, 0.1) is 24.1 Å². The number of nitrogens with zero attached hydrogens (tertiary/aromatic N) is 3. The predicted octanol–water partition coefficient (Wildman–Crippen LogP) is 3.49. The summed E-state index contributed by atoms with van der Waals surface area (Å²) in [5, 5.41) is 8.52. The molecule has 1 saturated carbocycles. The van der Waals surface area contributed by atoms with Gasteiger partial charge in [0.2, 0.25) is 0 Å². The van der Waals surface area contributed by atoms with Gasteiger partial charge in [0, 0.05) is 49.5 Å². The third-order valence-electron chi connectivity index (χ3n) is 5.78. The quantitative estimate of drug-likeness (QED) is 0.673. The monoisotopic (exact) mass is 388 g/mol. The Hall–Kier alpha value is -2.47. The van der Waals surface area contributed by atoms with Gasteiger partial charge in [-0.2, -0.15) is 5.10 Å². The van der Waals surface area contributed by atoms with Gasteiger partial charge in [-0.3, -0.25) is 4.90 Å². The lowest BCUT2D eigenvalue weighted by Gasteiger charge is -2.33. The molecular weight excluding hydrogens is 360 g/mol. The summed E-state index contributed by atoms with van der Waals surface area (Å²) in [6.07, 6.45) is 5.13. The van der Waals surface area contributed by atoms with Crippen LogP contribution in [0.25, 0.3) is 16.9 Å². The highest BCUT2D eigenvalue weighted by atomic mass is 16.5. The molecule has 0 amide bonds. The van der Waals surface area contributed by atoms with Crippen LogP contribution < -0.4 is 5.32 Å². The van der Waals surface area contributed by atoms with E-state index in [-0.39, 0.29) is 6.10 Å². The number of hydrogen-bond acceptors (Lipinski definition) is 4. The summed E-state index contributed by atoms with van der Waals surface area (Å²) in [7, 11) is 0. The summed E-state index contributed by atoms with van der Waals surface area (Å²) in [6.45, 7) is 4.63. The van der Waals surface area contributed by atoms with Gasteiger partial charge in [-0.15, -0.1) is 0 Å². The van der Waals surface area contributed by atoms with E-state index in [1.165, 1.54) is 18.4 Å². The number of rotatable bonds is 7. The van der Waals surface area contributed by atoms with Gasteiger partial charge in [-0.1, -0.05) is 48.5 Å². The van der Waals surface area contributed by atoms with E-state index in [1.54, 1.807) is 0 Å². The fourth-order valence-corrected chi connectivity index (χ4v) is 4.10. The van der Waals surface area contributed by atoms with E-state index in [9.17, 15) is 0 Å². The lowest BCUT2D eigenvalue weighted by atomic mass is 10.1. The van der Waals surface area contributed by atoms with Crippen LogP contribution in [0.4, 0.5) is 0 Å². The molecule has 0 bridgehead atoms. The van der Waals surface area contributed by atoms with Crippen LogP contribution in [0.5, 0.6) is 0 Å². The summed E-state index contributed by atoms with van der Waals surface area (Å²) in [5.41, 5.74) is 4.46. The van der Waals surface area contributed by atoms with Crippen LogP contribution in [0.1, 0.15) is 18.4 Å². The average molecular weight is 389 g/mol. The molecule has 2 heterocycles. The minimum absolute atomic E-state index is 0.272. The summed E-state index contributed by atoms with van der Waals surface area (Å²) < 4.78 is 7.97. The van der Waals surface area contributed by atoms with Gasteiger partial charge in [-0.05, 0) is 25.0 Å². The van der Waals surface area contributed by atoms with Crippen LogP contribution in [0, 0.1) is 0 Å². The van der Waals surface area contributed by atoms with Crippen LogP contribution in [0.3, 0.4) is 0 Å². The zero-order valence-electron chi connectivity index (χ0n) is 16.7. The third-order valence-corrected chi connectivity index (χ3v) is 5.78. The van der Waals surface area contributed by atoms with Gasteiger partial charge in [0.1, 0.15) is 0 Å². The molecule has 5 nitrogen and oxygen atoms in total. The van der Waals surface area contributed by atoms with Gasteiger partial charge in [0.15, 0.2) is 0 Å². The van der Waals surface area contributed by atoms with E-state index in [0.717, 1.165) is 55.8 Å². The van der Waals surface area contributed by atoms with Crippen LogP contribution >= 0.6 is 0 Å². The van der Waals surface area contributed by atoms with Gasteiger partial charge in [0.25, 0.3) is 0 Å². The zero-order chi connectivity index (χ0) is 19.5. The summed E-state index contributed by atoms with van der Waals surface area (Å²) in [4.78, 5) is 2.60. The second-order valence-electron chi connectivity index (χ2n) is 8.00. The van der Waals surface area contributed by atoms with Crippen molar-refractivity contribution in [2.45, 2.75) is 31.5 Å². The van der Waals surface area contributed by atoms with Crippen molar-refractivity contribution in [2.24, 2.45) is 0 Å². The predicted molar refractivity (Wildman–Crippen MR) is 115 cm³/mol. The molecule has 1 aromatic heterocycles. The van der Waals surface area contributed by atoms with E-state index >= 15 is 0 Å². The molecule has 2 fully saturated rings. The van der Waals surface area contributed by atoms with Gasteiger partial charge < -0.3 is 10.1 Å². The minimum Gasteiger partial charge on any atom is -0.374 e. The number of hydrogen-bond donors (Lipinski definition) is 1. The molecular formula is C24H28N4O. The first-order valence-corrected chi connectivity index (χ1v) is 10.6. The second kappa shape index (κ2) is 8.49. The lowest BCUT2D eigenvalue weighted by molar-refractivity contribution is -0.0301. The molecule has 1 atom stereocenters. The topological polar surface area (TPSA) is 42.3 Å². The molecule has 1 aliphatic heterocycles. The molecule has 0 radical (unpaired) electrons. The fourth-order valence-electron chi connectivity index (χ4n) is 4.10. The Morgan fingerprint density at radius 2 is 1.76 bits per heavy atom. The van der Waals surface area contributed by atoms with Crippen molar-refractivity contribution in [3.05, 3.63) is 72.4 Å². The molecule has 1 saturated heterocycles. The Labute approximate surface area is 172 Å². The Kier molecular flexibility index (Phi) is 5.43. The maximum absolute atomic E-state index is 5.99. The summed E-state index contributed by atoms with van der Waals surface area (Å²) in [5.74, 6) is 0. The van der Waals surface area contributed by atoms with Crippen molar-refractivity contribution >= 4 is 0 Å². The smallest absolute Gasteiger partial charge is 0.0972 e. The van der Waals surface area contributed by atoms with Crippen molar-refractivity contribution in [1.29, 1.82) is 0 Å². The Morgan fingerprint density at radius 3 is 2.52 bits per heavy atom. The van der Waals surface area contributed by atoms with Crippen molar-refractivity contribution < 1.29 is 4.74 Å². The molecule has 1 unspecified atom stereocenters. The maximum atomic E-state index is 5.99. The molecule has 2 aromatic carbocycles. The first-order valence-electron chi connectivity index (χ1n) is 10.6. The zero-order valence-corrected chi connectivity index (χ0v) is 16.7. The van der Waals surface area contributed by atoms with Crippen LogP contribution in [0.2, 0.25) is 0 Å². The molecule has 3 aromatic rings. The van der Waals surface area contributed by atoms with E-state index in [4.69, 9.17) is 9.84 Å². The molecule has 150 valence electrons. The fraction of sp³-hybridized carbons (Fsp3) is 0.375.